The van der Waals surface area contributed by atoms with E-state index < -0.39 is 11.6 Å². The van der Waals surface area contributed by atoms with Crippen LogP contribution in [0.25, 0.3) is 0 Å². The van der Waals surface area contributed by atoms with Crippen molar-refractivity contribution in [3.63, 3.8) is 0 Å². The number of hydrogen-bond donors (Lipinski definition) is 1. The van der Waals surface area contributed by atoms with Crippen LogP contribution in [0.2, 0.25) is 0 Å². The third-order valence-corrected chi connectivity index (χ3v) is 2.82. The molecule has 1 unspecified atom stereocenters. The molecule has 1 N–H and O–H groups in total. The Kier molecular flexibility index (Phi) is 4.72. The van der Waals surface area contributed by atoms with Gasteiger partial charge in [-0.25, -0.2) is 8.78 Å². The first kappa shape index (κ1) is 14.8. The number of rotatable bonds is 5. The lowest BCUT2D eigenvalue weighted by atomic mass is 10.2. The number of nitriles is 1. The van der Waals surface area contributed by atoms with Crippen molar-refractivity contribution in [2.24, 2.45) is 0 Å². The van der Waals surface area contributed by atoms with Gasteiger partial charge in [0.05, 0.1) is 18.2 Å². The molecule has 0 aliphatic rings. The third-order valence-electron chi connectivity index (χ3n) is 2.82. The van der Waals surface area contributed by atoms with Crippen LogP contribution in [0.15, 0.2) is 42.5 Å². The topological polar surface area (TPSA) is 45.0 Å². The first-order chi connectivity index (χ1) is 10.1. The van der Waals surface area contributed by atoms with Crippen LogP contribution >= 0.6 is 0 Å². The first-order valence-corrected chi connectivity index (χ1v) is 6.45. The number of halogens is 2. The molecule has 1 atom stereocenters. The van der Waals surface area contributed by atoms with Crippen molar-refractivity contribution in [2.45, 2.75) is 13.0 Å². The lowest BCUT2D eigenvalue weighted by Crippen LogP contribution is -2.23. The maximum absolute atomic E-state index is 13.7. The Hall–Kier alpha value is -2.61. The van der Waals surface area contributed by atoms with Crippen LogP contribution in [0, 0.1) is 23.0 Å². The SMILES string of the molecule is CC(CNc1c(F)cc(C#N)cc1F)Oc1ccccc1. The van der Waals surface area contributed by atoms with Crippen LogP contribution < -0.4 is 10.1 Å². The van der Waals surface area contributed by atoms with Crippen molar-refractivity contribution in [1.82, 2.24) is 0 Å². The Morgan fingerprint density at radius 2 is 1.81 bits per heavy atom. The molecule has 2 aromatic carbocycles. The first-order valence-electron chi connectivity index (χ1n) is 6.45. The summed E-state index contributed by atoms with van der Waals surface area (Å²) in [7, 11) is 0. The molecule has 0 spiro atoms. The molecular formula is C16H14F2N2O. The number of ether oxygens (including phenoxy) is 1. The molecule has 3 nitrogen and oxygen atoms in total. The van der Waals surface area contributed by atoms with Gasteiger partial charge in [0.25, 0.3) is 0 Å². The Morgan fingerprint density at radius 1 is 1.19 bits per heavy atom. The minimum Gasteiger partial charge on any atom is -0.489 e. The van der Waals surface area contributed by atoms with Crippen molar-refractivity contribution in [1.29, 1.82) is 5.26 Å². The van der Waals surface area contributed by atoms with E-state index in [0.29, 0.717) is 5.75 Å². The highest BCUT2D eigenvalue weighted by atomic mass is 19.1. The summed E-state index contributed by atoms with van der Waals surface area (Å²) in [4.78, 5) is 0. The minimum atomic E-state index is -0.793. The summed E-state index contributed by atoms with van der Waals surface area (Å²) in [5, 5.41) is 11.3. The number of anilines is 1. The van der Waals surface area contributed by atoms with Crippen LogP contribution in [0.1, 0.15) is 12.5 Å². The molecule has 108 valence electrons. The molecule has 0 aliphatic heterocycles. The molecule has 21 heavy (non-hydrogen) atoms. The lowest BCUT2D eigenvalue weighted by molar-refractivity contribution is 0.234. The Bertz CT molecular complexity index is 630. The van der Waals surface area contributed by atoms with Crippen molar-refractivity contribution in [2.75, 3.05) is 11.9 Å². The van der Waals surface area contributed by atoms with E-state index in [0.717, 1.165) is 12.1 Å². The molecule has 0 saturated heterocycles. The normalized spacial score (nSPS) is 11.5. The number of nitrogens with zero attached hydrogens (tertiary/aromatic N) is 1. The fourth-order valence-corrected chi connectivity index (χ4v) is 1.83. The molecule has 0 radical (unpaired) electrons. The van der Waals surface area contributed by atoms with E-state index in [2.05, 4.69) is 5.32 Å². The molecular weight excluding hydrogens is 274 g/mol. The van der Waals surface area contributed by atoms with Gasteiger partial charge in [0.15, 0.2) is 11.6 Å². The number of nitrogens with one attached hydrogen (secondary N) is 1. The largest absolute Gasteiger partial charge is 0.489 e. The summed E-state index contributed by atoms with van der Waals surface area (Å²) in [6.07, 6.45) is -0.276. The predicted molar refractivity (Wildman–Crippen MR) is 76.1 cm³/mol. The zero-order chi connectivity index (χ0) is 15.2. The summed E-state index contributed by atoms with van der Waals surface area (Å²) >= 11 is 0. The second-order valence-electron chi connectivity index (χ2n) is 4.55. The van der Waals surface area contributed by atoms with Gasteiger partial charge in [-0.3, -0.25) is 0 Å². The lowest BCUT2D eigenvalue weighted by Gasteiger charge is -2.16. The zero-order valence-corrected chi connectivity index (χ0v) is 11.4. The van der Waals surface area contributed by atoms with Gasteiger partial charge in [0.1, 0.15) is 17.5 Å². The van der Waals surface area contributed by atoms with Gasteiger partial charge in [-0.1, -0.05) is 18.2 Å². The smallest absolute Gasteiger partial charge is 0.150 e. The van der Waals surface area contributed by atoms with Crippen LogP contribution in [0.5, 0.6) is 5.75 Å². The summed E-state index contributed by atoms with van der Waals surface area (Å²) < 4.78 is 33.0. The van der Waals surface area contributed by atoms with Gasteiger partial charge in [-0.2, -0.15) is 5.26 Å². The standard InChI is InChI=1S/C16H14F2N2O/c1-11(21-13-5-3-2-4-6-13)10-20-16-14(17)7-12(9-19)8-15(16)18/h2-8,11,20H,10H2,1H3. The summed E-state index contributed by atoms with van der Waals surface area (Å²) in [5.74, 6) is -0.899. The Balaban J connectivity index is 1.99. The van der Waals surface area contributed by atoms with Crippen LogP contribution in [-0.4, -0.2) is 12.6 Å². The van der Waals surface area contributed by atoms with E-state index in [1.54, 1.807) is 25.1 Å². The second kappa shape index (κ2) is 6.71. The van der Waals surface area contributed by atoms with Crippen molar-refractivity contribution in [3.05, 3.63) is 59.7 Å². The molecule has 0 heterocycles. The van der Waals surface area contributed by atoms with Gasteiger partial charge in [0, 0.05) is 0 Å². The van der Waals surface area contributed by atoms with Gasteiger partial charge < -0.3 is 10.1 Å². The number of para-hydroxylation sites is 1. The average Bonchev–Trinajstić information content (AvgIpc) is 2.47. The fourth-order valence-electron chi connectivity index (χ4n) is 1.83. The monoisotopic (exact) mass is 288 g/mol. The molecule has 0 aliphatic carbocycles. The molecule has 0 fully saturated rings. The Morgan fingerprint density at radius 3 is 2.38 bits per heavy atom. The van der Waals surface area contributed by atoms with E-state index in [4.69, 9.17) is 10.00 Å². The maximum atomic E-state index is 13.7. The molecule has 5 heteroatoms. The Labute approximate surface area is 121 Å². The van der Waals surface area contributed by atoms with E-state index in [1.807, 2.05) is 18.2 Å². The quantitative estimate of drug-likeness (QED) is 0.912. The maximum Gasteiger partial charge on any atom is 0.150 e. The van der Waals surface area contributed by atoms with Gasteiger partial charge in [-0.15, -0.1) is 0 Å². The zero-order valence-electron chi connectivity index (χ0n) is 11.4. The van der Waals surface area contributed by atoms with Crippen molar-refractivity contribution in [3.8, 4) is 11.8 Å². The summed E-state index contributed by atoms with van der Waals surface area (Å²) in [6, 6.07) is 12.9. The second-order valence-corrected chi connectivity index (χ2v) is 4.55. The molecule has 2 aromatic rings. The fraction of sp³-hybridized carbons (Fsp3) is 0.188. The van der Waals surface area contributed by atoms with Crippen LogP contribution in [0.3, 0.4) is 0 Å². The highest BCUT2D eigenvalue weighted by Gasteiger charge is 2.12. The average molecular weight is 288 g/mol. The van der Waals surface area contributed by atoms with E-state index in [-0.39, 0.29) is 23.9 Å². The van der Waals surface area contributed by atoms with E-state index in [1.165, 1.54) is 0 Å². The van der Waals surface area contributed by atoms with E-state index >= 15 is 0 Å². The molecule has 0 saturated carbocycles. The van der Waals surface area contributed by atoms with Crippen molar-refractivity contribution >= 4 is 5.69 Å². The van der Waals surface area contributed by atoms with E-state index in [9.17, 15) is 8.78 Å². The molecule has 2 rings (SSSR count). The van der Waals surface area contributed by atoms with Gasteiger partial charge in [0.2, 0.25) is 0 Å². The number of hydrogen-bond acceptors (Lipinski definition) is 3. The van der Waals surface area contributed by atoms with Crippen LogP contribution in [0.4, 0.5) is 14.5 Å². The third kappa shape index (κ3) is 3.93. The molecule has 0 amide bonds. The molecule has 0 aromatic heterocycles. The van der Waals surface area contributed by atoms with Crippen molar-refractivity contribution < 1.29 is 13.5 Å². The number of benzene rings is 2. The minimum absolute atomic E-state index is 0.0517. The predicted octanol–water partition coefficient (Wildman–Crippen LogP) is 3.72. The highest BCUT2D eigenvalue weighted by molar-refractivity contribution is 5.50. The van der Waals surface area contributed by atoms with Crippen LogP contribution in [-0.2, 0) is 0 Å². The van der Waals surface area contributed by atoms with Gasteiger partial charge >= 0.3 is 0 Å². The summed E-state index contributed by atoms with van der Waals surface area (Å²) in [6.45, 7) is 2.02. The summed E-state index contributed by atoms with van der Waals surface area (Å²) in [5.41, 5.74) is -0.304. The van der Waals surface area contributed by atoms with Gasteiger partial charge in [-0.05, 0) is 31.2 Å². The highest BCUT2D eigenvalue weighted by Crippen LogP contribution is 2.21. The molecule has 0 bridgehead atoms.